The number of nitrogens with two attached hydrogens (primary N) is 1. The van der Waals surface area contributed by atoms with Gasteiger partial charge in [-0.25, -0.2) is 8.42 Å². The average Bonchev–Trinajstić information content (AvgIpc) is 2.93. The minimum Gasteiger partial charge on any atom is -0.399 e. The van der Waals surface area contributed by atoms with Gasteiger partial charge in [-0.1, -0.05) is 18.0 Å². The molecule has 2 aliphatic carbocycles. The highest BCUT2D eigenvalue weighted by Gasteiger charge is 2.41. The molecule has 2 aliphatic rings. The lowest BCUT2D eigenvalue weighted by Gasteiger charge is -2.21. The first-order chi connectivity index (χ1) is 8.95. The average molecular weight is 300 g/mol. The summed E-state index contributed by atoms with van der Waals surface area (Å²) in [5.41, 5.74) is 6.11. The predicted octanol–water partition coefficient (Wildman–Crippen LogP) is 3.13. The van der Waals surface area contributed by atoms with Crippen LogP contribution in [0.2, 0.25) is 5.02 Å². The molecule has 0 radical (unpaired) electrons. The van der Waals surface area contributed by atoms with Crippen LogP contribution < -0.4 is 5.73 Å². The second-order valence-corrected chi connectivity index (χ2v) is 8.32. The monoisotopic (exact) mass is 299 g/mol. The van der Waals surface area contributed by atoms with Crippen molar-refractivity contribution in [3.63, 3.8) is 0 Å². The van der Waals surface area contributed by atoms with Gasteiger partial charge >= 0.3 is 0 Å². The molecule has 5 heteroatoms. The zero-order valence-corrected chi connectivity index (χ0v) is 12.3. The van der Waals surface area contributed by atoms with Crippen molar-refractivity contribution in [3.8, 4) is 0 Å². The largest absolute Gasteiger partial charge is 0.399 e. The van der Waals surface area contributed by atoms with Gasteiger partial charge in [0.2, 0.25) is 0 Å². The molecule has 2 N–H and O–H groups in total. The van der Waals surface area contributed by atoms with E-state index in [1.807, 2.05) is 0 Å². The molecular formula is C14H18ClNO2S. The molecule has 0 amide bonds. The summed E-state index contributed by atoms with van der Waals surface area (Å²) in [6.07, 6.45) is 4.74. The molecule has 0 aliphatic heterocycles. The molecule has 1 aromatic carbocycles. The number of rotatable bonds is 3. The highest BCUT2D eigenvalue weighted by Crippen LogP contribution is 2.49. The topological polar surface area (TPSA) is 60.2 Å². The molecule has 2 saturated carbocycles. The van der Waals surface area contributed by atoms with Gasteiger partial charge in [0.1, 0.15) is 0 Å². The fraction of sp³-hybridized carbons (Fsp3) is 0.571. The molecule has 1 aromatic rings. The second kappa shape index (κ2) is 4.67. The van der Waals surface area contributed by atoms with E-state index in [1.165, 1.54) is 25.3 Å². The van der Waals surface area contributed by atoms with E-state index in [-0.39, 0.29) is 15.7 Å². The van der Waals surface area contributed by atoms with Crippen LogP contribution in [0.4, 0.5) is 5.69 Å². The number of benzene rings is 1. The van der Waals surface area contributed by atoms with Crippen LogP contribution in [0.15, 0.2) is 23.1 Å². The van der Waals surface area contributed by atoms with Crippen LogP contribution in [0.25, 0.3) is 0 Å². The van der Waals surface area contributed by atoms with Crippen LogP contribution in [0.3, 0.4) is 0 Å². The molecule has 3 unspecified atom stereocenters. The van der Waals surface area contributed by atoms with Gasteiger partial charge in [-0.15, -0.1) is 0 Å². The van der Waals surface area contributed by atoms with E-state index in [4.69, 9.17) is 17.3 Å². The van der Waals surface area contributed by atoms with Crippen molar-refractivity contribution < 1.29 is 8.42 Å². The maximum absolute atomic E-state index is 12.5. The van der Waals surface area contributed by atoms with E-state index in [0.29, 0.717) is 17.5 Å². The van der Waals surface area contributed by atoms with Crippen LogP contribution in [0.1, 0.15) is 25.7 Å². The molecule has 3 atom stereocenters. The molecule has 2 bridgehead atoms. The Hall–Kier alpha value is -0.740. The maximum atomic E-state index is 12.5. The van der Waals surface area contributed by atoms with Gasteiger partial charge in [-0.05, 0) is 55.2 Å². The van der Waals surface area contributed by atoms with Gasteiger partial charge in [-0.3, -0.25) is 0 Å². The fourth-order valence-electron chi connectivity index (χ4n) is 3.71. The molecule has 0 saturated heterocycles. The van der Waals surface area contributed by atoms with Crippen LogP contribution >= 0.6 is 11.6 Å². The summed E-state index contributed by atoms with van der Waals surface area (Å²) in [6.45, 7) is 0. The molecule has 104 valence electrons. The Morgan fingerprint density at radius 2 is 2.05 bits per heavy atom. The Kier molecular flexibility index (Phi) is 3.26. The normalized spacial score (nSPS) is 29.8. The molecule has 3 rings (SSSR count). The molecule has 0 aromatic heterocycles. The van der Waals surface area contributed by atoms with Crippen molar-refractivity contribution in [2.45, 2.75) is 30.6 Å². The first kappa shape index (κ1) is 13.3. The van der Waals surface area contributed by atoms with Crippen LogP contribution in [-0.4, -0.2) is 14.2 Å². The molecule has 19 heavy (non-hydrogen) atoms. The van der Waals surface area contributed by atoms with E-state index < -0.39 is 9.84 Å². The Labute approximate surface area is 119 Å². The summed E-state index contributed by atoms with van der Waals surface area (Å²) in [5.74, 6) is 1.87. The minimum absolute atomic E-state index is 0.192. The first-order valence-electron chi connectivity index (χ1n) is 6.73. The lowest BCUT2D eigenvalue weighted by atomic mass is 9.90. The minimum atomic E-state index is -3.33. The number of fused-ring (bicyclic) bond motifs is 2. The number of hydrogen-bond acceptors (Lipinski definition) is 3. The Morgan fingerprint density at radius 3 is 2.68 bits per heavy atom. The molecular weight excluding hydrogens is 282 g/mol. The van der Waals surface area contributed by atoms with Crippen molar-refractivity contribution >= 4 is 27.1 Å². The van der Waals surface area contributed by atoms with Gasteiger partial charge in [0.15, 0.2) is 9.84 Å². The van der Waals surface area contributed by atoms with Crippen LogP contribution in [0, 0.1) is 17.8 Å². The van der Waals surface area contributed by atoms with Crippen molar-refractivity contribution in [3.05, 3.63) is 23.2 Å². The Bertz CT molecular complexity index is 599. The second-order valence-electron chi connectivity index (χ2n) is 5.91. The van der Waals surface area contributed by atoms with Crippen LogP contribution in [-0.2, 0) is 9.84 Å². The Balaban J connectivity index is 1.85. The zero-order chi connectivity index (χ0) is 13.6. The van der Waals surface area contributed by atoms with E-state index >= 15 is 0 Å². The summed E-state index contributed by atoms with van der Waals surface area (Å²) in [4.78, 5) is 0.192. The molecule has 0 spiro atoms. The third-order valence-corrected chi connectivity index (χ3v) is 6.92. The standard InChI is InChI=1S/C14H18ClNO2S/c15-13-4-3-12(16)7-14(13)19(17,18)8-11-6-9-1-2-10(11)5-9/h3-4,7,9-11H,1-2,5-6,8,16H2. The van der Waals surface area contributed by atoms with Crippen molar-refractivity contribution in [2.75, 3.05) is 11.5 Å². The van der Waals surface area contributed by atoms with E-state index in [2.05, 4.69) is 0 Å². The number of anilines is 1. The lowest BCUT2D eigenvalue weighted by Crippen LogP contribution is -2.21. The third-order valence-electron chi connectivity index (χ3n) is 4.61. The fourth-order valence-corrected chi connectivity index (χ4v) is 6.01. The number of hydrogen-bond donors (Lipinski definition) is 1. The number of sulfone groups is 1. The van der Waals surface area contributed by atoms with Gasteiger partial charge in [0, 0.05) is 5.69 Å². The molecule has 3 nitrogen and oxygen atoms in total. The summed E-state index contributed by atoms with van der Waals surface area (Å²) in [6, 6.07) is 4.66. The highest BCUT2D eigenvalue weighted by molar-refractivity contribution is 7.91. The zero-order valence-electron chi connectivity index (χ0n) is 10.7. The van der Waals surface area contributed by atoms with E-state index in [9.17, 15) is 8.42 Å². The Morgan fingerprint density at radius 1 is 1.26 bits per heavy atom. The molecule has 0 heterocycles. The summed E-state index contributed by atoms with van der Waals surface area (Å²) >= 11 is 6.01. The third kappa shape index (κ3) is 2.48. The molecule has 2 fully saturated rings. The van der Waals surface area contributed by atoms with Gasteiger partial charge < -0.3 is 5.73 Å². The van der Waals surface area contributed by atoms with Crippen molar-refractivity contribution in [2.24, 2.45) is 17.8 Å². The van der Waals surface area contributed by atoms with Gasteiger partial charge in [0.25, 0.3) is 0 Å². The first-order valence-corrected chi connectivity index (χ1v) is 8.76. The summed E-state index contributed by atoms with van der Waals surface area (Å²) in [5, 5.41) is 0.275. The van der Waals surface area contributed by atoms with E-state index in [0.717, 1.165) is 12.3 Å². The summed E-state index contributed by atoms with van der Waals surface area (Å²) < 4.78 is 25.0. The van der Waals surface area contributed by atoms with Gasteiger partial charge in [-0.2, -0.15) is 0 Å². The number of halogens is 1. The summed E-state index contributed by atoms with van der Waals surface area (Å²) in [7, 11) is -3.33. The maximum Gasteiger partial charge on any atom is 0.180 e. The number of nitrogen functional groups attached to an aromatic ring is 1. The smallest absolute Gasteiger partial charge is 0.180 e. The lowest BCUT2D eigenvalue weighted by molar-refractivity contribution is 0.360. The van der Waals surface area contributed by atoms with E-state index in [1.54, 1.807) is 12.1 Å². The SMILES string of the molecule is Nc1ccc(Cl)c(S(=O)(=O)CC2CC3CCC2C3)c1. The highest BCUT2D eigenvalue weighted by atomic mass is 35.5. The van der Waals surface area contributed by atoms with Crippen molar-refractivity contribution in [1.82, 2.24) is 0 Å². The predicted molar refractivity (Wildman–Crippen MR) is 76.9 cm³/mol. The van der Waals surface area contributed by atoms with Gasteiger partial charge in [0.05, 0.1) is 15.7 Å². The van der Waals surface area contributed by atoms with Crippen molar-refractivity contribution in [1.29, 1.82) is 0 Å². The quantitative estimate of drug-likeness (QED) is 0.872. The van der Waals surface area contributed by atoms with Crippen LogP contribution in [0.5, 0.6) is 0 Å².